The molecule has 1 amide bonds. The molecule has 2 aromatic rings. The summed E-state index contributed by atoms with van der Waals surface area (Å²) >= 11 is 0. The van der Waals surface area contributed by atoms with Crippen molar-refractivity contribution in [1.29, 1.82) is 0 Å². The van der Waals surface area contributed by atoms with E-state index in [0.717, 1.165) is 35.5 Å². The maximum Gasteiger partial charge on any atom is 0.219 e. The molecule has 0 saturated heterocycles. The number of anilines is 1. The average Bonchev–Trinajstić information content (AvgIpc) is 2.86. The van der Waals surface area contributed by atoms with Gasteiger partial charge in [0.25, 0.3) is 0 Å². The Hall–Kier alpha value is -2.30. The van der Waals surface area contributed by atoms with Crippen LogP contribution in [0.3, 0.4) is 0 Å². The molecule has 2 heterocycles. The second-order valence-corrected chi connectivity index (χ2v) is 6.13. The highest BCUT2D eigenvalue weighted by atomic mass is 16.2. The van der Waals surface area contributed by atoms with E-state index in [0.29, 0.717) is 12.6 Å². The topological polar surface area (TPSA) is 64.2 Å². The first-order valence-electron chi connectivity index (χ1n) is 7.69. The van der Waals surface area contributed by atoms with Gasteiger partial charge in [0.2, 0.25) is 5.91 Å². The molecule has 1 aliphatic rings. The summed E-state index contributed by atoms with van der Waals surface area (Å²) in [7, 11) is 0. The van der Waals surface area contributed by atoms with Crippen LogP contribution in [0.4, 0.5) is 5.69 Å². The SMILES string of the molecule is CC(=O)N1CCc2c(c(-c3cccc(N)c3)nn2C(C)C)C1. The number of carbonyl (C=O) groups is 1. The van der Waals surface area contributed by atoms with Gasteiger partial charge in [-0.2, -0.15) is 5.10 Å². The summed E-state index contributed by atoms with van der Waals surface area (Å²) in [4.78, 5) is 13.6. The van der Waals surface area contributed by atoms with Gasteiger partial charge in [0.15, 0.2) is 0 Å². The average molecular weight is 298 g/mol. The van der Waals surface area contributed by atoms with Gasteiger partial charge in [-0.15, -0.1) is 0 Å². The first-order chi connectivity index (χ1) is 10.5. The van der Waals surface area contributed by atoms with Crippen LogP contribution in [0, 0.1) is 0 Å². The van der Waals surface area contributed by atoms with E-state index in [1.807, 2.05) is 29.2 Å². The van der Waals surface area contributed by atoms with E-state index in [1.54, 1.807) is 6.92 Å². The second-order valence-electron chi connectivity index (χ2n) is 6.13. The molecule has 1 aliphatic heterocycles. The summed E-state index contributed by atoms with van der Waals surface area (Å²) in [6, 6.07) is 8.08. The minimum Gasteiger partial charge on any atom is -0.399 e. The number of aromatic nitrogens is 2. The van der Waals surface area contributed by atoms with Crippen LogP contribution in [0.1, 0.15) is 38.1 Å². The fraction of sp³-hybridized carbons (Fsp3) is 0.412. The van der Waals surface area contributed by atoms with Crippen molar-refractivity contribution in [2.75, 3.05) is 12.3 Å². The van der Waals surface area contributed by atoms with Crippen LogP contribution < -0.4 is 5.73 Å². The van der Waals surface area contributed by atoms with Crippen molar-refractivity contribution in [2.45, 2.75) is 39.8 Å². The number of nitrogens with zero attached hydrogens (tertiary/aromatic N) is 3. The highest BCUT2D eigenvalue weighted by Gasteiger charge is 2.27. The van der Waals surface area contributed by atoms with Crippen molar-refractivity contribution in [3.8, 4) is 11.3 Å². The normalized spacial score (nSPS) is 14.3. The predicted octanol–water partition coefficient (Wildman–Crippen LogP) is 2.62. The molecule has 0 radical (unpaired) electrons. The summed E-state index contributed by atoms with van der Waals surface area (Å²) in [6.45, 7) is 7.28. The van der Waals surface area contributed by atoms with Crippen molar-refractivity contribution in [2.24, 2.45) is 0 Å². The Balaban J connectivity index is 2.13. The summed E-state index contributed by atoms with van der Waals surface area (Å²) in [6.07, 6.45) is 0.850. The zero-order valence-electron chi connectivity index (χ0n) is 13.3. The number of hydrogen-bond acceptors (Lipinski definition) is 3. The molecule has 5 nitrogen and oxygen atoms in total. The van der Waals surface area contributed by atoms with Gasteiger partial charge in [-0.3, -0.25) is 9.48 Å². The highest BCUT2D eigenvalue weighted by molar-refractivity contribution is 5.75. The maximum absolute atomic E-state index is 11.7. The molecular weight excluding hydrogens is 276 g/mol. The third kappa shape index (κ3) is 2.47. The second kappa shape index (κ2) is 5.48. The van der Waals surface area contributed by atoms with E-state index in [2.05, 4.69) is 18.5 Å². The Bertz CT molecular complexity index is 717. The van der Waals surface area contributed by atoms with E-state index in [9.17, 15) is 4.79 Å². The standard InChI is InChI=1S/C17H22N4O/c1-11(2)21-16-7-8-20(12(3)22)10-15(16)17(19-21)13-5-4-6-14(18)9-13/h4-6,9,11H,7-8,10,18H2,1-3H3. The van der Waals surface area contributed by atoms with Crippen LogP contribution in [0.2, 0.25) is 0 Å². The van der Waals surface area contributed by atoms with Gasteiger partial charge in [0.05, 0.1) is 5.69 Å². The molecule has 1 aromatic heterocycles. The van der Waals surface area contributed by atoms with Crippen LogP contribution >= 0.6 is 0 Å². The minimum absolute atomic E-state index is 0.112. The lowest BCUT2D eigenvalue weighted by Gasteiger charge is -2.27. The zero-order valence-corrected chi connectivity index (χ0v) is 13.3. The van der Waals surface area contributed by atoms with Crippen molar-refractivity contribution in [3.63, 3.8) is 0 Å². The summed E-state index contributed by atoms with van der Waals surface area (Å²) in [5, 5.41) is 4.82. The number of hydrogen-bond donors (Lipinski definition) is 1. The predicted molar refractivity (Wildman–Crippen MR) is 87.3 cm³/mol. The van der Waals surface area contributed by atoms with Gasteiger partial charge in [0, 0.05) is 55.0 Å². The molecule has 0 fully saturated rings. The first kappa shape index (κ1) is 14.6. The van der Waals surface area contributed by atoms with Gasteiger partial charge >= 0.3 is 0 Å². The van der Waals surface area contributed by atoms with E-state index in [1.165, 1.54) is 5.69 Å². The van der Waals surface area contributed by atoms with Crippen molar-refractivity contribution in [1.82, 2.24) is 14.7 Å². The molecule has 0 spiro atoms. The fourth-order valence-corrected chi connectivity index (χ4v) is 3.06. The number of fused-ring (bicyclic) bond motifs is 1. The molecule has 22 heavy (non-hydrogen) atoms. The van der Waals surface area contributed by atoms with E-state index < -0.39 is 0 Å². The zero-order chi connectivity index (χ0) is 15.9. The van der Waals surface area contributed by atoms with Crippen LogP contribution in [-0.2, 0) is 17.8 Å². The lowest BCUT2D eigenvalue weighted by atomic mass is 10.0. The lowest BCUT2D eigenvalue weighted by Crippen LogP contribution is -2.34. The lowest BCUT2D eigenvalue weighted by molar-refractivity contribution is -0.129. The van der Waals surface area contributed by atoms with Crippen LogP contribution in [0.25, 0.3) is 11.3 Å². The molecule has 0 saturated carbocycles. The largest absolute Gasteiger partial charge is 0.399 e. The number of nitrogen functional groups attached to an aromatic ring is 1. The monoisotopic (exact) mass is 298 g/mol. The molecule has 0 aliphatic carbocycles. The van der Waals surface area contributed by atoms with Gasteiger partial charge in [-0.25, -0.2) is 0 Å². The molecule has 2 N–H and O–H groups in total. The van der Waals surface area contributed by atoms with E-state index >= 15 is 0 Å². The molecule has 5 heteroatoms. The smallest absolute Gasteiger partial charge is 0.219 e. The van der Waals surface area contributed by atoms with Gasteiger partial charge in [0.1, 0.15) is 0 Å². The Morgan fingerprint density at radius 2 is 2.14 bits per heavy atom. The van der Waals surface area contributed by atoms with Crippen LogP contribution in [0.15, 0.2) is 24.3 Å². The minimum atomic E-state index is 0.112. The van der Waals surface area contributed by atoms with Crippen molar-refractivity contribution >= 4 is 11.6 Å². The Morgan fingerprint density at radius 1 is 1.36 bits per heavy atom. The highest BCUT2D eigenvalue weighted by Crippen LogP contribution is 2.32. The van der Waals surface area contributed by atoms with Crippen LogP contribution in [-0.4, -0.2) is 27.1 Å². The third-order valence-corrected chi connectivity index (χ3v) is 4.18. The van der Waals surface area contributed by atoms with Gasteiger partial charge in [-0.1, -0.05) is 12.1 Å². The molecule has 0 atom stereocenters. The van der Waals surface area contributed by atoms with Gasteiger partial charge in [-0.05, 0) is 26.0 Å². The Morgan fingerprint density at radius 3 is 2.77 bits per heavy atom. The molecular formula is C17H22N4O. The first-order valence-corrected chi connectivity index (χ1v) is 7.69. The number of benzene rings is 1. The summed E-state index contributed by atoms with van der Waals surface area (Å²) in [5.41, 5.74) is 11.0. The number of nitrogens with two attached hydrogens (primary N) is 1. The number of rotatable bonds is 2. The van der Waals surface area contributed by atoms with Crippen molar-refractivity contribution in [3.05, 3.63) is 35.5 Å². The van der Waals surface area contributed by atoms with Crippen molar-refractivity contribution < 1.29 is 4.79 Å². The molecule has 1 aromatic carbocycles. The molecule has 116 valence electrons. The molecule has 0 unspecified atom stereocenters. The third-order valence-electron chi connectivity index (χ3n) is 4.18. The summed E-state index contributed by atoms with van der Waals surface area (Å²) in [5.74, 6) is 0.112. The Labute approximate surface area is 130 Å². The molecule has 0 bridgehead atoms. The van der Waals surface area contributed by atoms with E-state index in [-0.39, 0.29) is 5.91 Å². The molecule has 3 rings (SSSR count). The quantitative estimate of drug-likeness (QED) is 0.867. The number of carbonyl (C=O) groups excluding carboxylic acids is 1. The Kier molecular flexibility index (Phi) is 3.64. The van der Waals surface area contributed by atoms with Gasteiger partial charge < -0.3 is 10.6 Å². The number of amides is 1. The van der Waals surface area contributed by atoms with E-state index in [4.69, 9.17) is 10.8 Å². The van der Waals surface area contributed by atoms with Crippen LogP contribution in [0.5, 0.6) is 0 Å². The summed E-state index contributed by atoms with van der Waals surface area (Å²) < 4.78 is 2.09. The fourth-order valence-electron chi connectivity index (χ4n) is 3.06. The maximum atomic E-state index is 11.7.